The zero-order valence-electron chi connectivity index (χ0n) is 11.8. The summed E-state index contributed by atoms with van der Waals surface area (Å²) >= 11 is 0. The number of aliphatic hydroxyl groups is 1. The van der Waals surface area contributed by atoms with E-state index >= 15 is 0 Å². The summed E-state index contributed by atoms with van der Waals surface area (Å²) in [6, 6.07) is 0. The second kappa shape index (κ2) is 4.05. The molecule has 2 aliphatic heterocycles. The molecule has 2 bridgehead atoms. The van der Waals surface area contributed by atoms with E-state index in [1.807, 2.05) is 0 Å². The van der Waals surface area contributed by atoms with Gasteiger partial charge in [-0.05, 0) is 62.9 Å². The van der Waals surface area contributed by atoms with E-state index in [1.54, 1.807) is 0 Å². The zero-order valence-corrected chi connectivity index (χ0v) is 11.8. The third-order valence-electron chi connectivity index (χ3n) is 6.71. The van der Waals surface area contributed by atoms with Crippen molar-refractivity contribution in [3.05, 3.63) is 0 Å². The lowest BCUT2D eigenvalue weighted by Gasteiger charge is -2.66. The first-order valence-electron chi connectivity index (χ1n) is 8.10. The first-order chi connectivity index (χ1) is 9.14. The van der Waals surface area contributed by atoms with Crippen molar-refractivity contribution in [2.45, 2.75) is 57.1 Å². The van der Waals surface area contributed by atoms with Crippen LogP contribution in [0, 0.1) is 23.7 Å². The van der Waals surface area contributed by atoms with Gasteiger partial charge >= 0.3 is 0 Å². The number of carbonyl (C=O) groups excluding carboxylic acids is 1. The van der Waals surface area contributed by atoms with Gasteiger partial charge in [0.15, 0.2) is 0 Å². The molecule has 4 fully saturated rings. The van der Waals surface area contributed by atoms with Crippen LogP contribution in [0.3, 0.4) is 0 Å². The normalized spacial score (nSPS) is 53.8. The fraction of sp³-hybridized carbons (Fsp3) is 0.938. The number of piperidine rings is 2. The van der Waals surface area contributed by atoms with Gasteiger partial charge in [-0.3, -0.25) is 9.69 Å². The molecule has 1 N–H and O–H groups in total. The number of aliphatic hydroxyl groups excluding tert-OH is 1. The predicted molar refractivity (Wildman–Crippen MR) is 72.7 cm³/mol. The highest BCUT2D eigenvalue weighted by Gasteiger charge is 2.64. The van der Waals surface area contributed by atoms with E-state index in [0.717, 1.165) is 12.8 Å². The first-order valence-corrected chi connectivity index (χ1v) is 8.10. The van der Waals surface area contributed by atoms with Crippen LogP contribution in [0.4, 0.5) is 0 Å². The third kappa shape index (κ3) is 1.43. The van der Waals surface area contributed by atoms with Crippen LogP contribution in [0.2, 0.25) is 0 Å². The fourth-order valence-corrected chi connectivity index (χ4v) is 6.11. The highest BCUT2D eigenvalue weighted by molar-refractivity contribution is 5.84. The maximum atomic E-state index is 12.6. The Morgan fingerprint density at radius 3 is 2.79 bits per heavy atom. The van der Waals surface area contributed by atoms with E-state index in [-0.39, 0.29) is 23.5 Å². The van der Waals surface area contributed by atoms with Gasteiger partial charge in [0.1, 0.15) is 5.78 Å². The van der Waals surface area contributed by atoms with Crippen molar-refractivity contribution in [2.75, 3.05) is 13.1 Å². The highest BCUT2D eigenvalue weighted by Crippen LogP contribution is 2.59. The summed E-state index contributed by atoms with van der Waals surface area (Å²) in [6.07, 6.45) is 6.22. The Morgan fingerprint density at radius 2 is 2.00 bits per heavy atom. The van der Waals surface area contributed by atoms with Crippen molar-refractivity contribution in [1.29, 1.82) is 0 Å². The molecule has 0 aromatic rings. The zero-order chi connectivity index (χ0) is 13.2. The minimum atomic E-state index is -0.248. The third-order valence-corrected chi connectivity index (χ3v) is 6.71. The smallest absolute Gasteiger partial charge is 0.138 e. The van der Waals surface area contributed by atoms with Gasteiger partial charge in [0, 0.05) is 17.9 Å². The molecule has 2 heterocycles. The largest absolute Gasteiger partial charge is 0.393 e. The molecule has 106 valence electrons. The van der Waals surface area contributed by atoms with Crippen molar-refractivity contribution in [3.8, 4) is 0 Å². The molecule has 4 rings (SSSR count). The number of rotatable bonds is 0. The molecular weight excluding hydrogens is 238 g/mol. The van der Waals surface area contributed by atoms with Gasteiger partial charge in [0.2, 0.25) is 0 Å². The number of hydrogen-bond acceptors (Lipinski definition) is 3. The standard InChI is InChI=1S/C16H25NO2/c1-10-9-16-12-4-2-6-17(16)7-3-5-13(16)14(18)8-11(12)15(10)19/h10-13,15,19H,2-9H2,1H3/t10-,11-,12+,13+,15-,16+/m0/s1. The van der Waals surface area contributed by atoms with Gasteiger partial charge < -0.3 is 5.11 Å². The first kappa shape index (κ1) is 12.3. The van der Waals surface area contributed by atoms with Crippen molar-refractivity contribution in [1.82, 2.24) is 4.90 Å². The molecule has 6 atom stereocenters. The summed E-state index contributed by atoms with van der Waals surface area (Å²) in [5.74, 6) is 1.91. The Morgan fingerprint density at radius 1 is 1.26 bits per heavy atom. The van der Waals surface area contributed by atoms with Crippen LogP contribution >= 0.6 is 0 Å². The number of nitrogens with zero attached hydrogens (tertiary/aromatic N) is 1. The number of hydrogen-bond donors (Lipinski definition) is 1. The summed E-state index contributed by atoms with van der Waals surface area (Å²) in [7, 11) is 0. The second-order valence-electron chi connectivity index (χ2n) is 7.43. The average Bonchev–Trinajstić information content (AvgIpc) is 2.40. The minimum absolute atomic E-state index is 0.134. The molecule has 3 nitrogen and oxygen atoms in total. The molecule has 0 unspecified atom stereocenters. The number of Topliss-reactive ketones (excluding diaryl/α,β-unsaturated/α-hetero) is 1. The average molecular weight is 263 g/mol. The molecule has 4 aliphatic rings. The Labute approximate surface area is 115 Å². The van der Waals surface area contributed by atoms with Gasteiger partial charge in [-0.1, -0.05) is 6.92 Å². The van der Waals surface area contributed by atoms with Crippen LogP contribution in [0.5, 0.6) is 0 Å². The molecule has 2 saturated heterocycles. The Hall–Kier alpha value is -0.410. The summed E-state index contributed by atoms with van der Waals surface area (Å²) in [5.41, 5.74) is 0.134. The van der Waals surface area contributed by atoms with E-state index in [2.05, 4.69) is 11.8 Å². The predicted octanol–water partition coefficient (Wildman–Crippen LogP) is 1.84. The lowest BCUT2D eigenvalue weighted by molar-refractivity contribution is -0.194. The monoisotopic (exact) mass is 263 g/mol. The molecule has 0 amide bonds. The quantitative estimate of drug-likeness (QED) is 0.725. The lowest BCUT2D eigenvalue weighted by atomic mass is 9.48. The molecule has 2 saturated carbocycles. The molecule has 1 spiro atoms. The highest BCUT2D eigenvalue weighted by atomic mass is 16.3. The Bertz CT molecular complexity index is 408. The SMILES string of the molecule is C[C@H]1C[C@@]23[C@@H]4CCCN2CCC[C@@H]3[C@H](CC4=O)[C@H]1O. The second-order valence-corrected chi connectivity index (χ2v) is 7.43. The molecular formula is C16H25NO2. The topological polar surface area (TPSA) is 40.5 Å². The minimum Gasteiger partial charge on any atom is -0.393 e. The lowest BCUT2D eigenvalue weighted by Crippen LogP contribution is -2.73. The van der Waals surface area contributed by atoms with Crippen LogP contribution in [-0.4, -0.2) is 40.5 Å². The molecule has 0 aromatic heterocycles. The van der Waals surface area contributed by atoms with Gasteiger partial charge in [0.25, 0.3) is 0 Å². The molecule has 3 heteroatoms. The Balaban J connectivity index is 1.83. The summed E-state index contributed by atoms with van der Waals surface area (Å²) in [5, 5.41) is 10.5. The van der Waals surface area contributed by atoms with Gasteiger partial charge in [-0.15, -0.1) is 0 Å². The molecule has 0 aromatic carbocycles. The van der Waals surface area contributed by atoms with Gasteiger partial charge in [-0.25, -0.2) is 0 Å². The fourth-order valence-electron chi connectivity index (χ4n) is 6.11. The van der Waals surface area contributed by atoms with E-state index in [9.17, 15) is 9.90 Å². The van der Waals surface area contributed by atoms with Crippen LogP contribution in [0.15, 0.2) is 0 Å². The van der Waals surface area contributed by atoms with Crippen LogP contribution < -0.4 is 0 Å². The summed E-state index contributed by atoms with van der Waals surface area (Å²) in [6.45, 7) is 4.54. The van der Waals surface area contributed by atoms with Crippen LogP contribution in [-0.2, 0) is 4.79 Å². The maximum absolute atomic E-state index is 12.6. The van der Waals surface area contributed by atoms with Crippen LogP contribution in [0.25, 0.3) is 0 Å². The van der Waals surface area contributed by atoms with Crippen molar-refractivity contribution in [3.63, 3.8) is 0 Å². The van der Waals surface area contributed by atoms with Gasteiger partial charge in [-0.2, -0.15) is 0 Å². The summed E-state index contributed by atoms with van der Waals surface area (Å²) in [4.78, 5) is 15.2. The molecule has 19 heavy (non-hydrogen) atoms. The molecule has 2 aliphatic carbocycles. The number of carbonyl (C=O) groups is 1. The number of ketones is 1. The van der Waals surface area contributed by atoms with Crippen molar-refractivity contribution < 1.29 is 9.90 Å². The molecule has 0 radical (unpaired) electrons. The van der Waals surface area contributed by atoms with Crippen molar-refractivity contribution in [2.24, 2.45) is 23.7 Å². The van der Waals surface area contributed by atoms with E-state index < -0.39 is 0 Å². The summed E-state index contributed by atoms with van der Waals surface area (Å²) < 4.78 is 0. The van der Waals surface area contributed by atoms with Crippen LogP contribution in [0.1, 0.15) is 45.4 Å². The maximum Gasteiger partial charge on any atom is 0.138 e. The van der Waals surface area contributed by atoms with E-state index in [4.69, 9.17) is 0 Å². The van der Waals surface area contributed by atoms with E-state index in [0.29, 0.717) is 24.0 Å². The van der Waals surface area contributed by atoms with Gasteiger partial charge in [0.05, 0.1) is 6.10 Å². The Kier molecular flexibility index (Phi) is 2.63. The van der Waals surface area contributed by atoms with E-state index in [1.165, 1.54) is 32.4 Å². The van der Waals surface area contributed by atoms with Crippen molar-refractivity contribution >= 4 is 5.78 Å².